The lowest BCUT2D eigenvalue weighted by molar-refractivity contribution is 0.481. The van der Waals surface area contributed by atoms with Gasteiger partial charge in [-0.15, -0.1) is 11.6 Å². The van der Waals surface area contributed by atoms with Crippen molar-refractivity contribution in [2.45, 2.75) is 32.6 Å². The number of alkyl halides is 1. The number of hydrogen-bond acceptors (Lipinski definition) is 2. The molecule has 20 heavy (non-hydrogen) atoms. The van der Waals surface area contributed by atoms with Crippen molar-refractivity contribution in [3.63, 3.8) is 0 Å². The number of hydrogen-bond donors (Lipinski definition) is 2. The molecular formula is C17H20ClNO. The predicted molar refractivity (Wildman–Crippen MR) is 86.3 cm³/mol. The highest BCUT2D eigenvalue weighted by atomic mass is 35.5. The molecule has 1 aliphatic heterocycles. The molecule has 1 atom stereocenters. The molecule has 1 aliphatic rings. The molecule has 0 radical (unpaired) electrons. The fraction of sp³-hybridized carbons (Fsp3) is 0.412. The monoisotopic (exact) mass is 289 g/mol. The van der Waals surface area contributed by atoms with E-state index < -0.39 is 0 Å². The minimum Gasteiger partial charge on any atom is -0.507 e. The molecule has 106 valence electrons. The van der Waals surface area contributed by atoms with Crippen LogP contribution in [0.5, 0.6) is 5.75 Å². The summed E-state index contributed by atoms with van der Waals surface area (Å²) in [7, 11) is 0. The average Bonchev–Trinajstić information content (AvgIpc) is 2.88. The molecule has 3 rings (SSSR count). The first-order chi connectivity index (χ1) is 9.71. The van der Waals surface area contributed by atoms with E-state index >= 15 is 0 Å². The largest absolute Gasteiger partial charge is 0.507 e. The molecule has 0 bridgehead atoms. The summed E-state index contributed by atoms with van der Waals surface area (Å²) in [6.45, 7) is 5.15. The van der Waals surface area contributed by atoms with Crippen LogP contribution >= 0.6 is 11.6 Å². The molecule has 2 N–H and O–H groups in total. The summed E-state index contributed by atoms with van der Waals surface area (Å²) >= 11 is 6.14. The quantitative estimate of drug-likeness (QED) is 0.820. The van der Waals surface area contributed by atoms with Crippen molar-refractivity contribution < 1.29 is 5.11 Å². The number of phenols is 1. The summed E-state index contributed by atoms with van der Waals surface area (Å²) < 4.78 is 0. The van der Waals surface area contributed by atoms with Crippen LogP contribution in [0.1, 0.15) is 36.5 Å². The summed E-state index contributed by atoms with van der Waals surface area (Å²) in [6, 6.07) is 6.21. The number of nitrogens with one attached hydrogen (secondary N) is 1. The molecule has 0 amide bonds. The van der Waals surface area contributed by atoms with Crippen LogP contribution in [0.4, 0.5) is 5.69 Å². The highest BCUT2D eigenvalue weighted by Gasteiger charge is 2.27. The van der Waals surface area contributed by atoms with E-state index in [4.69, 9.17) is 11.6 Å². The fourth-order valence-electron chi connectivity index (χ4n) is 3.34. The lowest BCUT2D eigenvalue weighted by Crippen LogP contribution is -2.04. The Hall–Kier alpha value is -1.41. The van der Waals surface area contributed by atoms with E-state index in [0.29, 0.717) is 17.5 Å². The van der Waals surface area contributed by atoms with Crippen LogP contribution in [0, 0.1) is 0 Å². The second-order valence-corrected chi connectivity index (χ2v) is 5.74. The van der Waals surface area contributed by atoms with Crippen molar-refractivity contribution in [2.24, 2.45) is 0 Å². The topological polar surface area (TPSA) is 32.3 Å². The van der Waals surface area contributed by atoms with Crippen molar-refractivity contribution in [3.8, 4) is 5.75 Å². The van der Waals surface area contributed by atoms with Gasteiger partial charge >= 0.3 is 0 Å². The zero-order chi connectivity index (χ0) is 14.3. The van der Waals surface area contributed by atoms with Crippen molar-refractivity contribution in [3.05, 3.63) is 34.9 Å². The molecule has 3 heteroatoms. The van der Waals surface area contributed by atoms with E-state index in [0.717, 1.165) is 30.5 Å². The van der Waals surface area contributed by atoms with Gasteiger partial charge in [-0.2, -0.15) is 0 Å². The normalized spacial score (nSPS) is 17.2. The van der Waals surface area contributed by atoms with Crippen molar-refractivity contribution >= 4 is 28.1 Å². The zero-order valence-electron chi connectivity index (χ0n) is 12.0. The maximum Gasteiger partial charge on any atom is 0.125 e. The van der Waals surface area contributed by atoms with Gasteiger partial charge < -0.3 is 10.4 Å². The first-order valence-electron chi connectivity index (χ1n) is 7.31. The Morgan fingerprint density at radius 1 is 1.20 bits per heavy atom. The molecular weight excluding hydrogens is 270 g/mol. The Bertz CT molecular complexity index is 666. The Morgan fingerprint density at radius 3 is 2.45 bits per heavy atom. The van der Waals surface area contributed by atoms with E-state index in [9.17, 15) is 5.11 Å². The second kappa shape index (κ2) is 5.17. The minimum atomic E-state index is 0.326. The number of fused-ring (bicyclic) bond motifs is 3. The van der Waals surface area contributed by atoms with Crippen LogP contribution in [0.15, 0.2) is 18.2 Å². The van der Waals surface area contributed by atoms with Crippen LogP contribution in [-0.2, 0) is 12.8 Å². The van der Waals surface area contributed by atoms with Gasteiger partial charge in [0.05, 0.1) is 0 Å². The SMILES string of the molecule is CCc1ccc(CC)c2c3c(cc(O)c12)NCC3CCl. The van der Waals surface area contributed by atoms with E-state index in [2.05, 4.69) is 31.3 Å². The first-order valence-corrected chi connectivity index (χ1v) is 7.84. The third kappa shape index (κ3) is 1.86. The Balaban J connectivity index is 2.45. The van der Waals surface area contributed by atoms with Crippen molar-refractivity contribution in [1.82, 2.24) is 0 Å². The van der Waals surface area contributed by atoms with Crippen LogP contribution in [0.2, 0.25) is 0 Å². The molecule has 2 aromatic carbocycles. The third-order valence-corrected chi connectivity index (χ3v) is 4.74. The summed E-state index contributed by atoms with van der Waals surface area (Å²) in [6.07, 6.45) is 1.89. The number of rotatable bonds is 3. The number of anilines is 1. The number of aryl methyl sites for hydroxylation is 2. The van der Waals surface area contributed by atoms with Gasteiger partial charge in [-0.1, -0.05) is 26.0 Å². The van der Waals surface area contributed by atoms with Gasteiger partial charge in [0.15, 0.2) is 0 Å². The number of phenolic OH excluding ortho intramolecular Hbond substituents is 1. The van der Waals surface area contributed by atoms with Gasteiger partial charge in [0, 0.05) is 35.5 Å². The van der Waals surface area contributed by atoms with E-state index in [-0.39, 0.29) is 0 Å². The number of aromatic hydroxyl groups is 1. The lowest BCUT2D eigenvalue weighted by atomic mass is 9.88. The molecule has 1 heterocycles. The van der Waals surface area contributed by atoms with Gasteiger partial charge in [-0.3, -0.25) is 0 Å². The van der Waals surface area contributed by atoms with Crippen molar-refractivity contribution in [1.29, 1.82) is 0 Å². The number of halogens is 1. The molecule has 0 spiro atoms. The maximum absolute atomic E-state index is 10.5. The molecule has 0 fully saturated rings. The van der Waals surface area contributed by atoms with Gasteiger partial charge in [0.1, 0.15) is 5.75 Å². The smallest absolute Gasteiger partial charge is 0.125 e. The lowest BCUT2D eigenvalue weighted by Gasteiger charge is -2.17. The molecule has 1 unspecified atom stereocenters. The molecule has 0 aliphatic carbocycles. The van der Waals surface area contributed by atoms with Gasteiger partial charge in [0.2, 0.25) is 0 Å². The summed E-state index contributed by atoms with van der Waals surface area (Å²) in [5, 5.41) is 16.1. The third-order valence-electron chi connectivity index (χ3n) is 4.37. The zero-order valence-corrected chi connectivity index (χ0v) is 12.7. The molecule has 2 nitrogen and oxygen atoms in total. The van der Waals surface area contributed by atoms with Crippen LogP contribution in [0.25, 0.3) is 10.8 Å². The van der Waals surface area contributed by atoms with E-state index in [1.54, 1.807) is 0 Å². The maximum atomic E-state index is 10.5. The molecule has 2 aromatic rings. The summed E-state index contributed by atoms with van der Waals surface area (Å²) in [5.41, 5.74) is 4.84. The summed E-state index contributed by atoms with van der Waals surface area (Å²) in [4.78, 5) is 0. The standard InChI is InChI=1S/C17H20ClNO/c1-3-10-5-6-11(4-2)17-15-12(8-18)9-19-13(15)7-14(20)16(10)17/h5-7,12,19-20H,3-4,8-9H2,1-2H3. The highest BCUT2D eigenvalue weighted by Crippen LogP contribution is 2.44. The second-order valence-electron chi connectivity index (χ2n) is 5.43. The predicted octanol–water partition coefficient (Wildman–Crippen LogP) is 4.42. The van der Waals surface area contributed by atoms with E-state index in [1.165, 1.54) is 22.1 Å². The fourth-order valence-corrected chi connectivity index (χ4v) is 3.60. The van der Waals surface area contributed by atoms with Crippen LogP contribution < -0.4 is 5.32 Å². The van der Waals surface area contributed by atoms with Crippen LogP contribution in [-0.4, -0.2) is 17.5 Å². The molecule has 0 aromatic heterocycles. The highest BCUT2D eigenvalue weighted by molar-refractivity contribution is 6.19. The van der Waals surface area contributed by atoms with E-state index in [1.807, 2.05) is 6.07 Å². The molecule has 0 saturated carbocycles. The van der Waals surface area contributed by atoms with Crippen molar-refractivity contribution in [2.75, 3.05) is 17.7 Å². The Morgan fingerprint density at radius 2 is 1.85 bits per heavy atom. The summed E-state index contributed by atoms with van der Waals surface area (Å²) in [5.74, 6) is 1.32. The minimum absolute atomic E-state index is 0.326. The average molecular weight is 290 g/mol. The van der Waals surface area contributed by atoms with Gasteiger partial charge in [-0.05, 0) is 34.9 Å². The first kappa shape index (κ1) is 13.6. The Kier molecular flexibility index (Phi) is 3.51. The van der Waals surface area contributed by atoms with Gasteiger partial charge in [-0.25, -0.2) is 0 Å². The van der Waals surface area contributed by atoms with Gasteiger partial charge in [0.25, 0.3) is 0 Å². The Labute approximate surface area is 124 Å². The number of benzene rings is 2. The van der Waals surface area contributed by atoms with Crippen LogP contribution in [0.3, 0.4) is 0 Å². The molecule has 0 saturated heterocycles.